The van der Waals surface area contributed by atoms with Crippen LogP contribution in [0, 0.1) is 0 Å². The summed E-state index contributed by atoms with van der Waals surface area (Å²) in [5.41, 5.74) is 8.26. The maximum Gasteiger partial charge on any atom is 0.179 e. The van der Waals surface area contributed by atoms with Crippen LogP contribution in [0.25, 0.3) is 22.1 Å². The molecule has 2 aromatic carbocycles. The average molecular weight is 303 g/mol. The fourth-order valence-corrected chi connectivity index (χ4v) is 2.41. The van der Waals surface area contributed by atoms with Crippen molar-refractivity contribution in [1.82, 2.24) is 10.1 Å². The molecular formula is C18H13N3O2. The van der Waals surface area contributed by atoms with E-state index in [4.69, 9.17) is 15.0 Å². The average Bonchev–Trinajstić information content (AvgIpc) is 3.08. The van der Waals surface area contributed by atoms with E-state index in [9.17, 15) is 0 Å². The van der Waals surface area contributed by atoms with Gasteiger partial charge in [-0.25, -0.2) is 4.98 Å². The molecule has 2 N–H and O–H groups in total. The summed E-state index contributed by atoms with van der Waals surface area (Å²) >= 11 is 0. The van der Waals surface area contributed by atoms with E-state index in [1.165, 1.54) is 0 Å². The van der Waals surface area contributed by atoms with Gasteiger partial charge >= 0.3 is 0 Å². The largest absolute Gasteiger partial charge is 0.457 e. The second-order valence-electron chi connectivity index (χ2n) is 5.07. The summed E-state index contributed by atoms with van der Waals surface area (Å²) in [4.78, 5) is 4.19. The van der Waals surface area contributed by atoms with E-state index < -0.39 is 0 Å². The number of fused-ring (bicyclic) bond motifs is 1. The molecule has 0 atom stereocenters. The van der Waals surface area contributed by atoms with Crippen LogP contribution in [0.2, 0.25) is 0 Å². The number of benzene rings is 2. The number of pyridine rings is 1. The van der Waals surface area contributed by atoms with Crippen LogP contribution in [-0.4, -0.2) is 10.1 Å². The van der Waals surface area contributed by atoms with Gasteiger partial charge in [-0.15, -0.1) is 0 Å². The first-order valence-electron chi connectivity index (χ1n) is 7.13. The lowest BCUT2D eigenvalue weighted by Crippen LogP contribution is -1.91. The Morgan fingerprint density at radius 2 is 1.61 bits per heavy atom. The molecule has 5 nitrogen and oxygen atoms in total. The topological polar surface area (TPSA) is 74.2 Å². The minimum Gasteiger partial charge on any atom is -0.457 e. The van der Waals surface area contributed by atoms with Gasteiger partial charge in [0.25, 0.3) is 0 Å². The number of anilines is 1. The minimum atomic E-state index is 0.411. The van der Waals surface area contributed by atoms with Crippen LogP contribution >= 0.6 is 0 Å². The predicted molar refractivity (Wildman–Crippen MR) is 88.2 cm³/mol. The van der Waals surface area contributed by atoms with Gasteiger partial charge in [0, 0.05) is 11.8 Å². The number of nitrogens with two attached hydrogens (primary N) is 1. The highest BCUT2D eigenvalue weighted by Gasteiger charge is 2.11. The van der Waals surface area contributed by atoms with Gasteiger partial charge in [-0.3, -0.25) is 0 Å². The summed E-state index contributed by atoms with van der Waals surface area (Å²) in [6.07, 6.45) is 3.27. The van der Waals surface area contributed by atoms with E-state index in [1.54, 1.807) is 12.4 Å². The molecule has 2 heterocycles. The smallest absolute Gasteiger partial charge is 0.179 e. The Hall–Kier alpha value is -3.34. The summed E-state index contributed by atoms with van der Waals surface area (Å²) in [6, 6.07) is 17.4. The summed E-state index contributed by atoms with van der Waals surface area (Å²) in [5.74, 6) is 1.97. The predicted octanol–water partition coefficient (Wildman–Crippen LogP) is 4.26. The zero-order valence-corrected chi connectivity index (χ0v) is 12.1. The van der Waals surface area contributed by atoms with Crippen LogP contribution in [0.3, 0.4) is 0 Å². The Morgan fingerprint density at radius 1 is 0.870 bits per heavy atom. The Balaban J connectivity index is 1.67. The number of nitrogen functional groups attached to an aromatic ring is 1. The second-order valence-corrected chi connectivity index (χ2v) is 5.07. The standard InChI is InChI=1S/C18H13N3O2/c19-18-16-11-21-23-17(16)15(10-20-18)12-6-8-14(9-7-12)22-13-4-2-1-3-5-13/h1-11H,(H2,19,20). The number of aromatic nitrogens is 2. The van der Waals surface area contributed by atoms with Crippen LogP contribution in [-0.2, 0) is 0 Å². The molecular weight excluding hydrogens is 290 g/mol. The molecule has 0 spiro atoms. The van der Waals surface area contributed by atoms with Crippen molar-refractivity contribution < 1.29 is 9.26 Å². The van der Waals surface area contributed by atoms with E-state index >= 15 is 0 Å². The van der Waals surface area contributed by atoms with Crippen molar-refractivity contribution in [2.24, 2.45) is 0 Å². The Bertz CT molecular complexity index is 947. The maximum absolute atomic E-state index is 5.83. The van der Waals surface area contributed by atoms with Crippen molar-refractivity contribution in [3.63, 3.8) is 0 Å². The quantitative estimate of drug-likeness (QED) is 0.612. The lowest BCUT2D eigenvalue weighted by atomic mass is 10.1. The first-order chi connectivity index (χ1) is 11.3. The van der Waals surface area contributed by atoms with Gasteiger partial charge in [0.05, 0.1) is 11.6 Å². The summed E-state index contributed by atoms with van der Waals surface area (Å²) in [7, 11) is 0. The summed E-state index contributed by atoms with van der Waals surface area (Å²) in [5, 5.41) is 4.52. The third kappa shape index (κ3) is 2.48. The first kappa shape index (κ1) is 13.3. The molecule has 5 heteroatoms. The van der Waals surface area contributed by atoms with Crippen LogP contribution < -0.4 is 10.5 Å². The molecule has 0 fully saturated rings. The number of para-hydroxylation sites is 1. The number of nitrogens with zero attached hydrogens (tertiary/aromatic N) is 2. The van der Waals surface area contributed by atoms with Gasteiger partial charge in [0.15, 0.2) is 5.58 Å². The van der Waals surface area contributed by atoms with Gasteiger partial charge in [0.1, 0.15) is 17.3 Å². The number of rotatable bonds is 3. The third-order valence-corrected chi connectivity index (χ3v) is 3.57. The first-order valence-corrected chi connectivity index (χ1v) is 7.13. The van der Waals surface area contributed by atoms with Crippen molar-refractivity contribution in [2.45, 2.75) is 0 Å². The second kappa shape index (κ2) is 5.46. The number of ether oxygens (including phenoxy) is 1. The van der Waals surface area contributed by atoms with Crippen molar-refractivity contribution in [3.05, 3.63) is 67.0 Å². The zero-order chi connectivity index (χ0) is 15.6. The molecule has 0 bridgehead atoms. The highest BCUT2D eigenvalue weighted by Crippen LogP contribution is 2.32. The van der Waals surface area contributed by atoms with Crippen LogP contribution in [0.15, 0.2) is 71.5 Å². The van der Waals surface area contributed by atoms with Crippen LogP contribution in [0.4, 0.5) is 5.82 Å². The van der Waals surface area contributed by atoms with Crippen molar-refractivity contribution in [3.8, 4) is 22.6 Å². The molecule has 4 rings (SSSR count). The molecule has 0 saturated heterocycles. The Labute approximate surface area is 132 Å². The monoisotopic (exact) mass is 303 g/mol. The molecule has 0 amide bonds. The molecule has 23 heavy (non-hydrogen) atoms. The number of hydrogen-bond acceptors (Lipinski definition) is 5. The fraction of sp³-hybridized carbons (Fsp3) is 0. The Morgan fingerprint density at radius 3 is 2.39 bits per heavy atom. The molecule has 0 radical (unpaired) electrons. The lowest BCUT2D eigenvalue weighted by molar-refractivity contribution is 0.457. The molecule has 0 aliphatic rings. The Kier molecular flexibility index (Phi) is 3.16. The van der Waals surface area contributed by atoms with E-state index in [2.05, 4.69) is 10.1 Å². The zero-order valence-electron chi connectivity index (χ0n) is 12.1. The molecule has 0 unspecified atom stereocenters. The van der Waals surface area contributed by atoms with Crippen molar-refractivity contribution >= 4 is 16.8 Å². The highest BCUT2D eigenvalue weighted by atomic mass is 16.5. The summed E-state index contributed by atoms with van der Waals surface area (Å²) < 4.78 is 11.1. The van der Waals surface area contributed by atoms with Crippen molar-refractivity contribution in [1.29, 1.82) is 0 Å². The van der Waals surface area contributed by atoms with E-state index in [0.29, 0.717) is 16.8 Å². The third-order valence-electron chi connectivity index (χ3n) is 3.57. The highest BCUT2D eigenvalue weighted by molar-refractivity contribution is 5.96. The van der Waals surface area contributed by atoms with Gasteiger partial charge in [-0.2, -0.15) is 0 Å². The number of hydrogen-bond donors (Lipinski definition) is 1. The minimum absolute atomic E-state index is 0.411. The maximum atomic E-state index is 5.83. The van der Waals surface area contributed by atoms with Crippen molar-refractivity contribution in [2.75, 3.05) is 5.73 Å². The lowest BCUT2D eigenvalue weighted by Gasteiger charge is -2.07. The molecule has 0 aliphatic heterocycles. The SMILES string of the molecule is Nc1ncc(-c2ccc(Oc3ccccc3)cc2)c2oncc12. The van der Waals surface area contributed by atoms with E-state index in [1.807, 2.05) is 54.6 Å². The molecule has 112 valence electrons. The molecule has 2 aromatic heterocycles. The fourth-order valence-electron chi connectivity index (χ4n) is 2.41. The van der Waals surface area contributed by atoms with Crippen LogP contribution in [0.5, 0.6) is 11.5 Å². The van der Waals surface area contributed by atoms with Gasteiger partial charge in [0.2, 0.25) is 0 Å². The van der Waals surface area contributed by atoms with E-state index in [0.717, 1.165) is 22.6 Å². The normalized spacial score (nSPS) is 10.8. The molecule has 0 aliphatic carbocycles. The summed E-state index contributed by atoms with van der Waals surface area (Å²) in [6.45, 7) is 0. The molecule has 4 aromatic rings. The van der Waals surface area contributed by atoms with Gasteiger partial charge in [-0.05, 0) is 29.8 Å². The van der Waals surface area contributed by atoms with E-state index in [-0.39, 0.29) is 0 Å². The van der Waals surface area contributed by atoms with Gasteiger partial charge in [-0.1, -0.05) is 35.5 Å². The van der Waals surface area contributed by atoms with Gasteiger partial charge < -0.3 is 15.0 Å². The van der Waals surface area contributed by atoms with Crippen LogP contribution in [0.1, 0.15) is 0 Å². The molecule has 0 saturated carbocycles.